The number of benzene rings is 2. The summed E-state index contributed by atoms with van der Waals surface area (Å²) in [6.45, 7) is 8.03. The molecule has 0 aliphatic carbocycles. The number of ether oxygens (including phenoxy) is 1. The van der Waals surface area contributed by atoms with Gasteiger partial charge in [0.15, 0.2) is 0 Å². The first-order valence-electron chi connectivity index (χ1n) is 10.7. The van der Waals surface area contributed by atoms with Gasteiger partial charge in [0, 0.05) is 25.7 Å². The number of likely N-dealkylation sites (N-methyl/N-ethyl adjacent to an activating group) is 1. The van der Waals surface area contributed by atoms with Crippen molar-refractivity contribution in [3.63, 3.8) is 0 Å². The van der Waals surface area contributed by atoms with E-state index in [1.165, 1.54) is 12.1 Å². The fraction of sp³-hybridized carbons (Fsp3) is 0.458. The molecule has 0 saturated carbocycles. The maximum atomic E-state index is 13.0. The van der Waals surface area contributed by atoms with Crippen molar-refractivity contribution in [1.29, 1.82) is 0 Å². The van der Waals surface area contributed by atoms with Gasteiger partial charge in [-0.25, -0.2) is 8.42 Å². The highest BCUT2D eigenvalue weighted by Crippen LogP contribution is 2.27. The Morgan fingerprint density at radius 1 is 1.06 bits per heavy atom. The molecule has 1 aliphatic rings. The van der Waals surface area contributed by atoms with E-state index in [1.54, 1.807) is 28.4 Å². The number of hydrogen-bond donors (Lipinski definition) is 0. The van der Waals surface area contributed by atoms with Crippen molar-refractivity contribution in [2.45, 2.75) is 32.1 Å². The van der Waals surface area contributed by atoms with Crippen LogP contribution in [0.3, 0.4) is 0 Å². The second-order valence-corrected chi connectivity index (χ2v) is 10.6. The molecule has 1 amide bonds. The number of amides is 1. The maximum absolute atomic E-state index is 13.0. The summed E-state index contributed by atoms with van der Waals surface area (Å²) >= 11 is 0. The molecular weight excluding hydrogens is 412 g/mol. The van der Waals surface area contributed by atoms with Crippen LogP contribution < -0.4 is 4.74 Å². The van der Waals surface area contributed by atoms with Crippen LogP contribution in [0.4, 0.5) is 0 Å². The highest BCUT2D eigenvalue weighted by Gasteiger charge is 2.31. The van der Waals surface area contributed by atoms with Gasteiger partial charge in [0.2, 0.25) is 10.0 Å². The molecule has 0 radical (unpaired) electrons. The van der Waals surface area contributed by atoms with Gasteiger partial charge in [0.05, 0.1) is 11.4 Å². The smallest absolute Gasteiger partial charge is 0.253 e. The summed E-state index contributed by atoms with van der Waals surface area (Å²) in [5, 5.41) is 0. The van der Waals surface area contributed by atoms with E-state index in [0.717, 1.165) is 17.7 Å². The zero-order valence-corrected chi connectivity index (χ0v) is 19.6. The maximum Gasteiger partial charge on any atom is 0.253 e. The number of rotatable bonds is 7. The van der Waals surface area contributed by atoms with Crippen LogP contribution in [0.15, 0.2) is 53.4 Å². The Balaban J connectivity index is 1.61. The van der Waals surface area contributed by atoms with Gasteiger partial charge < -0.3 is 9.64 Å². The number of para-hydroxylation sites is 1. The predicted octanol–water partition coefficient (Wildman–Crippen LogP) is 3.81. The molecule has 1 fully saturated rings. The molecule has 3 rings (SSSR count). The third-order valence-corrected chi connectivity index (χ3v) is 7.54. The first-order chi connectivity index (χ1) is 14.7. The number of carbonyl (C=O) groups excluding carboxylic acids is 1. The van der Waals surface area contributed by atoms with E-state index >= 15 is 0 Å². The standard InChI is InChI=1S/C24H32N2O4S/c1-18-15-19(2)17-26(16-18)31(28,29)22-11-9-21(10-12-22)24(27)25(4)13-14-30-23-8-6-5-7-20(23)3/h5-12,18-19H,13-17H2,1-4H3. The summed E-state index contributed by atoms with van der Waals surface area (Å²) in [6.07, 6.45) is 1.04. The van der Waals surface area contributed by atoms with Crippen molar-refractivity contribution in [2.75, 3.05) is 33.3 Å². The molecule has 1 heterocycles. The minimum Gasteiger partial charge on any atom is -0.491 e. The Kier molecular flexibility index (Phi) is 7.38. The SMILES string of the molecule is Cc1ccccc1OCCN(C)C(=O)c1ccc(S(=O)(=O)N2CC(C)CC(C)C2)cc1. The minimum atomic E-state index is -3.55. The monoisotopic (exact) mass is 444 g/mol. The molecule has 1 saturated heterocycles. The van der Waals surface area contributed by atoms with E-state index < -0.39 is 10.0 Å². The third kappa shape index (κ3) is 5.66. The van der Waals surface area contributed by atoms with E-state index in [4.69, 9.17) is 4.74 Å². The van der Waals surface area contributed by atoms with E-state index in [0.29, 0.717) is 43.6 Å². The molecule has 7 heteroatoms. The van der Waals surface area contributed by atoms with Gasteiger partial charge in [0.1, 0.15) is 12.4 Å². The van der Waals surface area contributed by atoms with E-state index in [1.807, 2.05) is 31.2 Å². The van der Waals surface area contributed by atoms with E-state index in [-0.39, 0.29) is 10.8 Å². The summed E-state index contributed by atoms with van der Waals surface area (Å²) in [7, 11) is -1.84. The zero-order chi connectivity index (χ0) is 22.6. The van der Waals surface area contributed by atoms with Crippen LogP contribution in [-0.2, 0) is 10.0 Å². The Morgan fingerprint density at radius 3 is 2.29 bits per heavy atom. The van der Waals surface area contributed by atoms with Gasteiger partial charge in [-0.3, -0.25) is 4.79 Å². The van der Waals surface area contributed by atoms with Crippen molar-refractivity contribution in [2.24, 2.45) is 11.8 Å². The summed E-state index contributed by atoms with van der Waals surface area (Å²) in [6, 6.07) is 14.0. The number of hydrogen-bond acceptors (Lipinski definition) is 4. The topological polar surface area (TPSA) is 66.9 Å². The Morgan fingerprint density at radius 2 is 1.68 bits per heavy atom. The molecule has 2 aromatic carbocycles. The lowest BCUT2D eigenvalue weighted by atomic mass is 9.94. The van der Waals surface area contributed by atoms with Crippen molar-refractivity contribution >= 4 is 15.9 Å². The summed E-state index contributed by atoms with van der Waals surface area (Å²) < 4.78 is 33.4. The van der Waals surface area contributed by atoms with Gasteiger partial charge in [-0.2, -0.15) is 4.31 Å². The molecule has 0 spiro atoms. The highest BCUT2D eigenvalue weighted by molar-refractivity contribution is 7.89. The van der Waals surface area contributed by atoms with Crippen LogP contribution in [0, 0.1) is 18.8 Å². The van der Waals surface area contributed by atoms with Crippen LogP contribution >= 0.6 is 0 Å². The average Bonchev–Trinajstić information content (AvgIpc) is 2.74. The lowest BCUT2D eigenvalue weighted by Crippen LogP contribution is -2.42. The minimum absolute atomic E-state index is 0.169. The largest absolute Gasteiger partial charge is 0.491 e. The van der Waals surface area contributed by atoms with E-state index in [9.17, 15) is 13.2 Å². The number of piperidine rings is 1. The van der Waals surface area contributed by atoms with Crippen molar-refractivity contribution in [3.8, 4) is 5.75 Å². The van der Waals surface area contributed by atoms with Gasteiger partial charge in [-0.05, 0) is 61.1 Å². The second-order valence-electron chi connectivity index (χ2n) is 8.63. The molecule has 2 aromatic rings. The van der Waals surface area contributed by atoms with Gasteiger partial charge >= 0.3 is 0 Å². The average molecular weight is 445 g/mol. The van der Waals surface area contributed by atoms with Crippen molar-refractivity contribution in [3.05, 3.63) is 59.7 Å². The van der Waals surface area contributed by atoms with Crippen LogP contribution in [0.5, 0.6) is 5.75 Å². The molecule has 0 aromatic heterocycles. The molecule has 0 bridgehead atoms. The molecule has 2 atom stereocenters. The molecule has 168 valence electrons. The summed E-state index contributed by atoms with van der Waals surface area (Å²) in [4.78, 5) is 14.5. The second kappa shape index (κ2) is 9.83. The number of aryl methyl sites for hydroxylation is 1. The summed E-state index contributed by atoms with van der Waals surface area (Å²) in [5.41, 5.74) is 1.50. The zero-order valence-electron chi connectivity index (χ0n) is 18.7. The van der Waals surface area contributed by atoms with Crippen LogP contribution in [0.1, 0.15) is 36.2 Å². The number of sulfonamides is 1. The Bertz CT molecular complexity index is 994. The van der Waals surface area contributed by atoms with Gasteiger partial charge in [0.25, 0.3) is 5.91 Å². The third-order valence-electron chi connectivity index (χ3n) is 5.70. The number of nitrogens with zero attached hydrogens (tertiary/aromatic N) is 2. The first-order valence-corrected chi connectivity index (χ1v) is 12.2. The molecule has 6 nitrogen and oxygen atoms in total. The van der Waals surface area contributed by atoms with Crippen LogP contribution in [-0.4, -0.2) is 56.8 Å². The lowest BCUT2D eigenvalue weighted by molar-refractivity contribution is 0.0773. The molecule has 1 aliphatic heterocycles. The lowest BCUT2D eigenvalue weighted by Gasteiger charge is -2.34. The van der Waals surface area contributed by atoms with Gasteiger partial charge in [-0.1, -0.05) is 32.0 Å². The number of carbonyl (C=O) groups is 1. The summed E-state index contributed by atoms with van der Waals surface area (Å²) in [5.74, 6) is 1.32. The highest BCUT2D eigenvalue weighted by atomic mass is 32.2. The van der Waals surface area contributed by atoms with Crippen LogP contribution in [0.25, 0.3) is 0 Å². The van der Waals surface area contributed by atoms with E-state index in [2.05, 4.69) is 13.8 Å². The normalized spacial score (nSPS) is 19.7. The predicted molar refractivity (Wildman–Crippen MR) is 122 cm³/mol. The fourth-order valence-corrected chi connectivity index (χ4v) is 5.73. The van der Waals surface area contributed by atoms with Crippen molar-refractivity contribution in [1.82, 2.24) is 9.21 Å². The fourth-order valence-electron chi connectivity index (χ4n) is 4.05. The Hall–Kier alpha value is -2.38. The van der Waals surface area contributed by atoms with Crippen LogP contribution in [0.2, 0.25) is 0 Å². The molecule has 2 unspecified atom stereocenters. The van der Waals surface area contributed by atoms with Crippen molar-refractivity contribution < 1.29 is 17.9 Å². The molecular formula is C24H32N2O4S. The van der Waals surface area contributed by atoms with Gasteiger partial charge in [-0.15, -0.1) is 0 Å². The first kappa shape index (κ1) is 23.3. The molecule has 0 N–H and O–H groups in total. The quantitative estimate of drug-likeness (QED) is 0.651. The molecule has 31 heavy (non-hydrogen) atoms. The Labute approximate surface area is 185 Å².